The maximum Gasteiger partial charge on any atom is 0.327 e. The molecule has 1 saturated carbocycles. The number of ether oxygens (including phenoxy) is 1. The van der Waals surface area contributed by atoms with Gasteiger partial charge < -0.3 is 15.4 Å². The first-order valence-electron chi connectivity index (χ1n) is 12.7. The molecule has 1 amide bonds. The molecule has 202 valence electrons. The average Bonchev–Trinajstić information content (AvgIpc) is 3.64. The molecule has 3 N–H and O–H groups in total. The molecule has 1 aromatic rings. The molecule has 2 saturated heterocycles. The number of hydrogen-bond donors (Lipinski definition) is 3. The van der Waals surface area contributed by atoms with E-state index in [1.165, 1.54) is 33.0 Å². The summed E-state index contributed by atoms with van der Waals surface area (Å²) in [6.45, 7) is 5.42. The minimum absolute atomic E-state index is 0.0244. The summed E-state index contributed by atoms with van der Waals surface area (Å²) < 4.78 is 32.5. The van der Waals surface area contributed by atoms with Crippen molar-refractivity contribution < 1.29 is 22.7 Å². The number of nitrogens with zero attached hydrogens (tertiary/aromatic N) is 3. The van der Waals surface area contributed by atoms with E-state index in [1.807, 2.05) is 0 Å². The zero-order chi connectivity index (χ0) is 27.0. The molecule has 12 heteroatoms. The van der Waals surface area contributed by atoms with Crippen LogP contribution in [0, 0.1) is 23.2 Å². The second-order valence-electron chi connectivity index (χ2n) is 10.4. The lowest BCUT2D eigenvalue weighted by atomic mass is 9.90. The number of sulfonamides is 1. The molecular weight excluding hydrogens is 496 g/mol. The smallest absolute Gasteiger partial charge is 0.327 e. The van der Waals surface area contributed by atoms with Gasteiger partial charge in [0.05, 0.1) is 29.9 Å². The number of anilines is 1. The van der Waals surface area contributed by atoms with Crippen LogP contribution in [0.5, 0.6) is 0 Å². The van der Waals surface area contributed by atoms with E-state index in [-0.39, 0.29) is 35.4 Å². The Kier molecular flexibility index (Phi) is 7.80. The van der Waals surface area contributed by atoms with Gasteiger partial charge in [0.1, 0.15) is 11.7 Å². The van der Waals surface area contributed by atoms with Crippen molar-refractivity contribution in [1.29, 1.82) is 5.26 Å². The molecule has 4 atom stereocenters. The van der Waals surface area contributed by atoms with Gasteiger partial charge in [0.15, 0.2) is 0 Å². The normalized spacial score (nSPS) is 25.2. The Bertz CT molecular complexity index is 1160. The number of amides is 1. The van der Waals surface area contributed by atoms with Gasteiger partial charge in [-0.05, 0) is 70.2 Å². The van der Waals surface area contributed by atoms with Gasteiger partial charge in [-0.1, -0.05) is 0 Å². The third-order valence-electron chi connectivity index (χ3n) is 7.68. The molecule has 3 aliphatic rings. The predicted molar refractivity (Wildman–Crippen MR) is 136 cm³/mol. The maximum atomic E-state index is 13.2. The first-order chi connectivity index (χ1) is 17.5. The minimum Gasteiger partial charge on any atom is -0.465 e. The van der Waals surface area contributed by atoms with Crippen LogP contribution in [0.3, 0.4) is 0 Å². The van der Waals surface area contributed by atoms with Crippen LogP contribution < -0.4 is 16.1 Å². The van der Waals surface area contributed by atoms with Gasteiger partial charge in [-0.2, -0.15) is 9.57 Å². The number of carbonyl (C=O) groups excluding carboxylic acids is 2. The number of hydrogen-bond acceptors (Lipinski definition) is 9. The number of esters is 1. The second kappa shape index (κ2) is 10.6. The molecule has 37 heavy (non-hydrogen) atoms. The molecule has 0 radical (unpaired) electrons. The van der Waals surface area contributed by atoms with Crippen LogP contribution in [0.2, 0.25) is 0 Å². The first-order valence-corrected chi connectivity index (χ1v) is 14.2. The van der Waals surface area contributed by atoms with Crippen LogP contribution >= 0.6 is 0 Å². The topological polar surface area (TPSA) is 144 Å². The van der Waals surface area contributed by atoms with Crippen LogP contribution in [0.25, 0.3) is 0 Å². The van der Waals surface area contributed by atoms with Crippen molar-refractivity contribution in [2.24, 2.45) is 11.8 Å². The molecule has 4 rings (SSSR count). The van der Waals surface area contributed by atoms with Crippen LogP contribution in [0.15, 0.2) is 29.2 Å². The van der Waals surface area contributed by atoms with Crippen molar-refractivity contribution in [3.8, 4) is 6.07 Å². The number of nitrogens with one attached hydrogen (secondary N) is 3. The molecule has 1 aromatic carbocycles. The Hall–Kier alpha value is -2.72. The van der Waals surface area contributed by atoms with Crippen molar-refractivity contribution in [1.82, 2.24) is 20.1 Å². The number of benzene rings is 1. The fourth-order valence-corrected chi connectivity index (χ4v) is 6.64. The van der Waals surface area contributed by atoms with Crippen LogP contribution in [0.4, 0.5) is 5.69 Å². The Morgan fingerprint density at radius 2 is 1.97 bits per heavy atom. The molecule has 2 aliphatic heterocycles. The lowest BCUT2D eigenvalue weighted by molar-refractivity contribution is -0.152. The molecule has 0 aromatic heterocycles. The summed E-state index contributed by atoms with van der Waals surface area (Å²) in [5.74, 6) is -0.569. The Morgan fingerprint density at radius 1 is 1.30 bits per heavy atom. The number of piperidine rings is 1. The largest absolute Gasteiger partial charge is 0.465 e. The van der Waals surface area contributed by atoms with E-state index in [9.17, 15) is 23.3 Å². The minimum atomic E-state index is -3.97. The Morgan fingerprint density at radius 3 is 2.57 bits per heavy atom. The summed E-state index contributed by atoms with van der Waals surface area (Å²) in [6.07, 6.45) is 2.96. The highest BCUT2D eigenvalue weighted by atomic mass is 32.2. The van der Waals surface area contributed by atoms with Crippen LogP contribution in [0.1, 0.15) is 46.5 Å². The van der Waals surface area contributed by atoms with Gasteiger partial charge in [-0.15, -0.1) is 0 Å². The molecular formula is C25H36N6O5S. The summed E-state index contributed by atoms with van der Waals surface area (Å²) in [4.78, 5) is 25.2. The van der Waals surface area contributed by atoms with E-state index in [2.05, 4.69) is 27.1 Å². The molecule has 1 aliphatic carbocycles. The van der Waals surface area contributed by atoms with Gasteiger partial charge in [0.2, 0.25) is 15.9 Å². The van der Waals surface area contributed by atoms with Crippen molar-refractivity contribution in [3.63, 3.8) is 0 Å². The third kappa shape index (κ3) is 5.31. The molecule has 2 heterocycles. The number of fused-ring (bicyclic) bond motifs is 1. The zero-order valence-corrected chi connectivity index (χ0v) is 22.5. The number of rotatable bonds is 10. The van der Waals surface area contributed by atoms with Crippen LogP contribution in [-0.4, -0.2) is 73.6 Å². The van der Waals surface area contributed by atoms with Crippen molar-refractivity contribution >= 4 is 27.6 Å². The van der Waals surface area contributed by atoms with Crippen LogP contribution in [-0.2, 0) is 24.3 Å². The lowest BCUT2D eigenvalue weighted by Gasteiger charge is -2.34. The lowest BCUT2D eigenvalue weighted by Crippen LogP contribution is -2.52. The first kappa shape index (κ1) is 27.3. The van der Waals surface area contributed by atoms with Gasteiger partial charge in [0, 0.05) is 31.4 Å². The summed E-state index contributed by atoms with van der Waals surface area (Å²) in [5.41, 5.74) is 2.72. The molecule has 3 fully saturated rings. The molecule has 0 spiro atoms. The highest BCUT2D eigenvalue weighted by Crippen LogP contribution is 2.41. The summed E-state index contributed by atoms with van der Waals surface area (Å²) in [5, 5.41) is 17.8. The monoisotopic (exact) mass is 532 g/mol. The van der Waals surface area contributed by atoms with E-state index >= 15 is 0 Å². The van der Waals surface area contributed by atoms with E-state index in [0.29, 0.717) is 24.6 Å². The number of nitriles is 1. The van der Waals surface area contributed by atoms with Crippen molar-refractivity contribution in [2.75, 3.05) is 25.5 Å². The van der Waals surface area contributed by atoms with Gasteiger partial charge in [-0.25, -0.2) is 18.9 Å². The molecule has 11 nitrogen and oxygen atoms in total. The van der Waals surface area contributed by atoms with E-state index in [0.717, 1.165) is 23.6 Å². The highest BCUT2D eigenvalue weighted by molar-refractivity contribution is 7.89. The molecule has 0 bridgehead atoms. The molecule has 3 unspecified atom stereocenters. The number of likely N-dealkylation sites (N-methyl/N-ethyl adjacent to an activating group) is 1. The Balaban J connectivity index is 1.51. The van der Waals surface area contributed by atoms with Crippen molar-refractivity contribution in [2.45, 2.75) is 75.1 Å². The Labute approximate surface area is 218 Å². The highest BCUT2D eigenvalue weighted by Gasteiger charge is 2.52. The zero-order valence-electron chi connectivity index (χ0n) is 21.7. The van der Waals surface area contributed by atoms with E-state index in [1.54, 1.807) is 19.1 Å². The summed E-state index contributed by atoms with van der Waals surface area (Å²) in [7, 11) is -2.62. The van der Waals surface area contributed by atoms with Gasteiger partial charge in [-0.3, -0.25) is 9.59 Å². The number of hydrazine groups is 1. The van der Waals surface area contributed by atoms with Gasteiger partial charge >= 0.3 is 5.97 Å². The average molecular weight is 533 g/mol. The second-order valence-corrected chi connectivity index (χ2v) is 12.3. The predicted octanol–water partition coefficient (Wildman–Crippen LogP) is 1.40. The quantitative estimate of drug-likeness (QED) is 0.381. The van der Waals surface area contributed by atoms with E-state index in [4.69, 9.17) is 4.74 Å². The fourth-order valence-electron chi connectivity index (χ4n) is 5.17. The number of carbonyl (C=O) groups is 2. The maximum absolute atomic E-state index is 13.2. The standard InChI is InChI=1S/C25H36N6O5S/c1-5-36-24(33)25(2,3)30(4)37(34,35)18-10-8-17(9-11-18)28-22-21-20(13-15-27-23(21)32)31(29-22)19(12-14-26)16-6-7-16/h8-11,16,19-22,28-29H,5-7,12-13,15H2,1-4H3,(H,27,32)/t19-,20?,21?,22?/m0/s1. The SMILES string of the molecule is CCOC(=O)C(C)(C)N(C)S(=O)(=O)c1ccc(NC2NN([C@@H](CC#N)C3CC3)C3CCNC(=O)C23)cc1. The third-order valence-corrected chi connectivity index (χ3v) is 9.73. The van der Waals surface area contributed by atoms with E-state index < -0.39 is 27.7 Å². The summed E-state index contributed by atoms with van der Waals surface area (Å²) in [6, 6.07) is 8.57. The fraction of sp³-hybridized carbons (Fsp3) is 0.640. The summed E-state index contributed by atoms with van der Waals surface area (Å²) >= 11 is 0. The van der Waals surface area contributed by atoms with Gasteiger partial charge in [0.25, 0.3) is 0 Å². The van der Waals surface area contributed by atoms with Crippen molar-refractivity contribution in [3.05, 3.63) is 24.3 Å².